The van der Waals surface area contributed by atoms with Gasteiger partial charge in [-0.3, -0.25) is 0 Å². The topological polar surface area (TPSA) is 47.3 Å². The molecule has 3 rings (SSSR count). The number of nitrogens with zero attached hydrogens (tertiary/aromatic N) is 2. The number of ether oxygens (including phenoxy) is 1. The molecule has 100 valence electrons. The molecule has 0 radical (unpaired) electrons. The van der Waals surface area contributed by atoms with Crippen LogP contribution in [0.3, 0.4) is 0 Å². The van der Waals surface area contributed by atoms with Crippen molar-refractivity contribution in [2.45, 2.75) is 0 Å². The first kappa shape index (κ1) is 12.2. The third kappa shape index (κ3) is 2.61. The van der Waals surface area contributed by atoms with Crippen molar-refractivity contribution in [2.24, 2.45) is 0 Å². The van der Waals surface area contributed by atoms with E-state index in [0.29, 0.717) is 17.2 Å². The SMILES string of the molecule is Oc1cccc(Oc2cnn(-c3cccc(F)c3)c2)c1. The molecular weight excluding hydrogens is 259 g/mol. The van der Waals surface area contributed by atoms with Crippen molar-refractivity contribution in [3.63, 3.8) is 0 Å². The van der Waals surface area contributed by atoms with Crippen LogP contribution in [0.5, 0.6) is 17.2 Å². The Hall–Kier alpha value is -2.82. The Kier molecular flexibility index (Phi) is 3.09. The lowest BCUT2D eigenvalue weighted by atomic mass is 10.3. The van der Waals surface area contributed by atoms with Crippen LogP contribution in [0.2, 0.25) is 0 Å². The molecule has 0 spiro atoms. The van der Waals surface area contributed by atoms with E-state index < -0.39 is 0 Å². The predicted molar refractivity (Wildman–Crippen MR) is 71.7 cm³/mol. The molecule has 0 aliphatic carbocycles. The van der Waals surface area contributed by atoms with E-state index >= 15 is 0 Å². The summed E-state index contributed by atoms with van der Waals surface area (Å²) >= 11 is 0. The van der Waals surface area contributed by atoms with Crippen molar-refractivity contribution in [1.82, 2.24) is 9.78 Å². The average molecular weight is 270 g/mol. The standard InChI is InChI=1S/C15H11FN2O2/c16-11-3-1-4-12(7-11)18-10-15(9-17-18)20-14-6-2-5-13(19)8-14/h1-10,19H. The monoisotopic (exact) mass is 270 g/mol. The summed E-state index contributed by atoms with van der Waals surface area (Å²) in [7, 11) is 0. The first-order valence-corrected chi connectivity index (χ1v) is 5.98. The van der Waals surface area contributed by atoms with E-state index in [1.807, 2.05) is 0 Å². The van der Waals surface area contributed by atoms with Crippen LogP contribution < -0.4 is 4.74 Å². The summed E-state index contributed by atoms with van der Waals surface area (Å²) in [6.45, 7) is 0. The third-order valence-electron chi connectivity index (χ3n) is 2.68. The van der Waals surface area contributed by atoms with Crippen molar-refractivity contribution in [3.05, 3.63) is 66.7 Å². The molecule has 2 aromatic carbocycles. The van der Waals surface area contributed by atoms with Gasteiger partial charge in [0.05, 0.1) is 18.1 Å². The minimum absolute atomic E-state index is 0.125. The van der Waals surface area contributed by atoms with E-state index in [-0.39, 0.29) is 11.6 Å². The second-order valence-electron chi connectivity index (χ2n) is 4.20. The molecule has 0 unspecified atom stereocenters. The molecule has 1 heterocycles. The highest BCUT2D eigenvalue weighted by molar-refractivity contribution is 5.37. The van der Waals surface area contributed by atoms with Gasteiger partial charge in [-0.25, -0.2) is 9.07 Å². The highest BCUT2D eigenvalue weighted by atomic mass is 19.1. The Bertz CT molecular complexity index is 740. The van der Waals surface area contributed by atoms with E-state index in [1.165, 1.54) is 29.1 Å². The van der Waals surface area contributed by atoms with Crippen molar-refractivity contribution in [3.8, 4) is 22.9 Å². The second kappa shape index (κ2) is 5.05. The average Bonchev–Trinajstić information content (AvgIpc) is 2.87. The molecule has 0 aliphatic rings. The molecule has 0 saturated carbocycles. The first-order valence-electron chi connectivity index (χ1n) is 5.98. The summed E-state index contributed by atoms with van der Waals surface area (Å²) in [5.41, 5.74) is 0.607. The number of aromatic hydroxyl groups is 1. The number of benzene rings is 2. The molecule has 0 atom stereocenters. The molecule has 0 fully saturated rings. The van der Waals surface area contributed by atoms with Gasteiger partial charge in [0.1, 0.15) is 17.3 Å². The van der Waals surface area contributed by atoms with Crippen molar-refractivity contribution in [2.75, 3.05) is 0 Å². The van der Waals surface area contributed by atoms with Gasteiger partial charge in [0.2, 0.25) is 0 Å². The maximum absolute atomic E-state index is 13.2. The number of aromatic nitrogens is 2. The lowest BCUT2D eigenvalue weighted by molar-refractivity contribution is 0.455. The van der Waals surface area contributed by atoms with Crippen LogP contribution >= 0.6 is 0 Å². The summed E-state index contributed by atoms with van der Waals surface area (Å²) in [5, 5.41) is 13.5. The molecule has 20 heavy (non-hydrogen) atoms. The molecule has 5 heteroatoms. The van der Waals surface area contributed by atoms with Crippen LogP contribution in [-0.4, -0.2) is 14.9 Å². The first-order chi connectivity index (χ1) is 9.70. The molecule has 4 nitrogen and oxygen atoms in total. The Balaban J connectivity index is 1.84. The van der Waals surface area contributed by atoms with E-state index in [4.69, 9.17) is 4.74 Å². The molecule has 0 bridgehead atoms. The summed E-state index contributed by atoms with van der Waals surface area (Å²) in [5.74, 6) is 0.803. The maximum atomic E-state index is 13.2. The van der Waals surface area contributed by atoms with Gasteiger partial charge in [0.25, 0.3) is 0 Å². The highest BCUT2D eigenvalue weighted by Gasteiger charge is 2.04. The minimum atomic E-state index is -0.326. The Labute approximate surface area is 114 Å². The van der Waals surface area contributed by atoms with Gasteiger partial charge in [-0.2, -0.15) is 5.10 Å². The molecule has 3 aromatic rings. The Morgan fingerprint density at radius 1 is 1.05 bits per heavy atom. The van der Waals surface area contributed by atoms with Crippen LogP contribution in [0.25, 0.3) is 5.69 Å². The number of phenolic OH excluding ortho intramolecular Hbond substituents is 1. The molecule has 0 amide bonds. The van der Waals surface area contributed by atoms with E-state index in [1.54, 1.807) is 36.5 Å². The fourth-order valence-corrected chi connectivity index (χ4v) is 1.80. The van der Waals surface area contributed by atoms with E-state index in [0.717, 1.165) is 0 Å². The van der Waals surface area contributed by atoms with Crippen LogP contribution in [0.1, 0.15) is 0 Å². The van der Waals surface area contributed by atoms with Crippen molar-refractivity contribution in [1.29, 1.82) is 0 Å². The Morgan fingerprint density at radius 3 is 2.70 bits per heavy atom. The fourth-order valence-electron chi connectivity index (χ4n) is 1.80. The van der Waals surface area contributed by atoms with Crippen LogP contribution in [0.4, 0.5) is 4.39 Å². The predicted octanol–water partition coefficient (Wildman–Crippen LogP) is 3.51. The smallest absolute Gasteiger partial charge is 0.165 e. The van der Waals surface area contributed by atoms with Gasteiger partial charge >= 0.3 is 0 Å². The number of halogens is 1. The minimum Gasteiger partial charge on any atom is -0.508 e. The molecule has 0 saturated heterocycles. The molecular formula is C15H11FN2O2. The quantitative estimate of drug-likeness (QED) is 0.792. The van der Waals surface area contributed by atoms with Crippen LogP contribution in [0, 0.1) is 5.82 Å². The van der Waals surface area contributed by atoms with E-state index in [9.17, 15) is 9.50 Å². The number of hydrogen-bond donors (Lipinski definition) is 1. The van der Waals surface area contributed by atoms with Gasteiger partial charge in [0.15, 0.2) is 5.75 Å². The van der Waals surface area contributed by atoms with Gasteiger partial charge in [-0.1, -0.05) is 12.1 Å². The van der Waals surface area contributed by atoms with Crippen molar-refractivity contribution >= 4 is 0 Å². The van der Waals surface area contributed by atoms with Crippen LogP contribution in [-0.2, 0) is 0 Å². The van der Waals surface area contributed by atoms with Gasteiger partial charge in [-0.05, 0) is 30.3 Å². The van der Waals surface area contributed by atoms with Gasteiger partial charge in [0, 0.05) is 6.07 Å². The lowest BCUT2D eigenvalue weighted by Gasteiger charge is -2.03. The lowest BCUT2D eigenvalue weighted by Crippen LogP contribution is -1.94. The van der Waals surface area contributed by atoms with Crippen LogP contribution in [0.15, 0.2) is 60.9 Å². The van der Waals surface area contributed by atoms with Gasteiger partial charge in [-0.15, -0.1) is 0 Å². The van der Waals surface area contributed by atoms with Crippen molar-refractivity contribution < 1.29 is 14.2 Å². The zero-order chi connectivity index (χ0) is 13.9. The summed E-state index contributed by atoms with van der Waals surface area (Å²) in [4.78, 5) is 0. The maximum Gasteiger partial charge on any atom is 0.165 e. The van der Waals surface area contributed by atoms with E-state index in [2.05, 4.69) is 5.10 Å². The molecule has 1 aromatic heterocycles. The molecule has 0 aliphatic heterocycles. The Morgan fingerprint density at radius 2 is 1.90 bits per heavy atom. The largest absolute Gasteiger partial charge is 0.508 e. The zero-order valence-corrected chi connectivity index (χ0v) is 10.4. The number of rotatable bonds is 3. The third-order valence-corrected chi connectivity index (χ3v) is 2.68. The molecule has 1 N–H and O–H groups in total. The summed E-state index contributed by atoms with van der Waals surface area (Å²) < 4.78 is 20.2. The zero-order valence-electron chi connectivity index (χ0n) is 10.4. The summed E-state index contributed by atoms with van der Waals surface area (Å²) in [6.07, 6.45) is 3.16. The number of hydrogen-bond acceptors (Lipinski definition) is 3. The van der Waals surface area contributed by atoms with Gasteiger partial charge < -0.3 is 9.84 Å². The fraction of sp³-hybridized carbons (Fsp3) is 0. The number of phenols is 1. The highest BCUT2D eigenvalue weighted by Crippen LogP contribution is 2.24. The summed E-state index contributed by atoms with van der Waals surface area (Å²) in [6, 6.07) is 12.6. The normalized spacial score (nSPS) is 10.4. The second-order valence-corrected chi connectivity index (χ2v) is 4.20.